The van der Waals surface area contributed by atoms with Gasteiger partial charge in [0.1, 0.15) is 11.4 Å². The molecular weight excluding hydrogens is 382 g/mol. The number of thiazole rings is 1. The highest BCUT2D eigenvalue weighted by Gasteiger charge is 2.26. The molecule has 1 aliphatic rings. The molecule has 0 unspecified atom stereocenters. The lowest BCUT2D eigenvalue weighted by Gasteiger charge is -2.29. The van der Waals surface area contributed by atoms with Gasteiger partial charge in [0.25, 0.3) is 5.91 Å². The lowest BCUT2D eigenvalue weighted by Crippen LogP contribution is -2.17. The third-order valence-corrected chi connectivity index (χ3v) is 7.12. The summed E-state index contributed by atoms with van der Waals surface area (Å²) in [7, 11) is 1.61. The molecule has 0 aliphatic heterocycles. The lowest BCUT2D eigenvalue weighted by molar-refractivity contribution is 0.102. The molecule has 1 N–H and O–H groups in total. The molecule has 6 heteroatoms. The quantitative estimate of drug-likeness (QED) is 0.571. The van der Waals surface area contributed by atoms with E-state index in [4.69, 9.17) is 9.72 Å². The van der Waals surface area contributed by atoms with E-state index in [-0.39, 0.29) is 5.91 Å². The van der Waals surface area contributed by atoms with E-state index < -0.39 is 0 Å². The summed E-state index contributed by atoms with van der Waals surface area (Å²) in [6.45, 7) is 4.66. The van der Waals surface area contributed by atoms with E-state index in [1.165, 1.54) is 30.7 Å². The van der Waals surface area contributed by atoms with Crippen LogP contribution in [0, 0.1) is 11.8 Å². The maximum atomic E-state index is 12.5. The first kappa shape index (κ1) is 19.8. The Bertz CT molecular complexity index is 992. The first-order chi connectivity index (χ1) is 14.0. The highest BCUT2D eigenvalue weighted by Crippen LogP contribution is 2.42. The summed E-state index contributed by atoms with van der Waals surface area (Å²) in [5, 5.41) is 4.14. The largest absolute Gasteiger partial charge is 0.494 e. The number of nitrogens with zero attached hydrogens (tertiary/aromatic N) is 2. The number of anilines is 1. The minimum Gasteiger partial charge on any atom is -0.494 e. The van der Waals surface area contributed by atoms with Crippen molar-refractivity contribution < 1.29 is 9.53 Å². The van der Waals surface area contributed by atoms with Crippen LogP contribution in [0.4, 0.5) is 5.69 Å². The van der Waals surface area contributed by atoms with Crippen molar-refractivity contribution in [2.75, 3.05) is 12.4 Å². The van der Waals surface area contributed by atoms with Crippen LogP contribution in [-0.4, -0.2) is 23.0 Å². The van der Waals surface area contributed by atoms with Crippen LogP contribution in [0.15, 0.2) is 36.5 Å². The van der Waals surface area contributed by atoms with E-state index in [2.05, 4.69) is 24.1 Å². The van der Waals surface area contributed by atoms with Crippen LogP contribution in [0.5, 0.6) is 5.75 Å². The van der Waals surface area contributed by atoms with Gasteiger partial charge in [0, 0.05) is 18.2 Å². The van der Waals surface area contributed by atoms with E-state index in [9.17, 15) is 4.79 Å². The van der Waals surface area contributed by atoms with E-state index in [1.807, 2.05) is 12.1 Å². The first-order valence-corrected chi connectivity index (χ1v) is 11.1. The van der Waals surface area contributed by atoms with E-state index in [0.29, 0.717) is 23.0 Å². The standard InChI is InChI=1S/C23H27N3O2S/c1-14(2)15-7-9-16(10-8-15)23-26-19-12-20(28-3)18(13-21(19)29-23)25-22(27)17-6-4-5-11-24-17/h4-6,11-16H,7-10H2,1-3H3,(H,25,27). The normalized spacial score (nSPS) is 19.4. The predicted octanol–water partition coefficient (Wildman–Crippen LogP) is 5.88. The molecular formula is C23H27N3O2S. The first-order valence-electron chi connectivity index (χ1n) is 10.3. The molecule has 29 heavy (non-hydrogen) atoms. The Hall–Kier alpha value is -2.47. The second-order valence-electron chi connectivity index (χ2n) is 8.10. The molecule has 0 bridgehead atoms. The van der Waals surface area contributed by atoms with Gasteiger partial charge in [0.15, 0.2) is 0 Å². The van der Waals surface area contributed by atoms with Gasteiger partial charge in [0.05, 0.1) is 28.0 Å². The van der Waals surface area contributed by atoms with Crippen LogP contribution < -0.4 is 10.1 Å². The van der Waals surface area contributed by atoms with Gasteiger partial charge in [-0.3, -0.25) is 9.78 Å². The number of methoxy groups -OCH3 is 1. The van der Waals surface area contributed by atoms with Crippen LogP contribution in [-0.2, 0) is 0 Å². The Kier molecular flexibility index (Phi) is 5.81. The second kappa shape index (κ2) is 8.49. The number of amides is 1. The average molecular weight is 410 g/mol. The van der Waals surface area contributed by atoms with Crippen molar-refractivity contribution in [1.29, 1.82) is 0 Å². The minimum absolute atomic E-state index is 0.250. The van der Waals surface area contributed by atoms with Crippen LogP contribution in [0.1, 0.15) is 60.9 Å². The van der Waals surface area contributed by atoms with Crippen molar-refractivity contribution in [3.63, 3.8) is 0 Å². The van der Waals surface area contributed by atoms with Crippen molar-refractivity contribution in [3.8, 4) is 5.75 Å². The third kappa shape index (κ3) is 4.27. The van der Waals surface area contributed by atoms with Crippen molar-refractivity contribution in [2.45, 2.75) is 45.4 Å². The SMILES string of the molecule is COc1cc2nc(C3CCC(C(C)C)CC3)sc2cc1NC(=O)c1ccccn1. The van der Waals surface area contributed by atoms with Crippen molar-refractivity contribution in [3.05, 3.63) is 47.2 Å². The summed E-state index contributed by atoms with van der Waals surface area (Å²) >= 11 is 1.74. The number of nitrogens with one attached hydrogen (secondary N) is 1. The second-order valence-corrected chi connectivity index (χ2v) is 9.16. The van der Waals surface area contributed by atoms with Crippen LogP contribution >= 0.6 is 11.3 Å². The zero-order chi connectivity index (χ0) is 20.4. The van der Waals surface area contributed by atoms with Gasteiger partial charge >= 0.3 is 0 Å². The highest BCUT2D eigenvalue weighted by molar-refractivity contribution is 7.18. The summed E-state index contributed by atoms with van der Waals surface area (Å²) in [6, 6.07) is 9.17. The maximum absolute atomic E-state index is 12.5. The number of hydrogen-bond acceptors (Lipinski definition) is 5. The number of aromatic nitrogens is 2. The Balaban J connectivity index is 1.57. The third-order valence-electron chi connectivity index (χ3n) is 5.94. The Morgan fingerprint density at radius 2 is 2.00 bits per heavy atom. The molecule has 0 saturated heterocycles. The number of rotatable bonds is 5. The summed E-state index contributed by atoms with van der Waals surface area (Å²) in [5.41, 5.74) is 1.96. The zero-order valence-corrected chi connectivity index (χ0v) is 18.0. The van der Waals surface area contributed by atoms with Gasteiger partial charge in [0.2, 0.25) is 0 Å². The molecule has 3 aromatic rings. The zero-order valence-electron chi connectivity index (χ0n) is 17.1. The molecule has 0 radical (unpaired) electrons. The van der Waals surface area contributed by atoms with Gasteiger partial charge in [-0.25, -0.2) is 4.98 Å². The fourth-order valence-electron chi connectivity index (χ4n) is 4.13. The number of pyridine rings is 1. The fraction of sp³-hybridized carbons (Fsp3) is 0.435. The van der Waals surface area contributed by atoms with E-state index in [1.54, 1.807) is 42.8 Å². The number of hydrogen-bond donors (Lipinski definition) is 1. The summed E-state index contributed by atoms with van der Waals surface area (Å²) in [4.78, 5) is 21.5. The number of carbonyl (C=O) groups is 1. The monoisotopic (exact) mass is 409 g/mol. The minimum atomic E-state index is -0.250. The van der Waals surface area contributed by atoms with Gasteiger partial charge < -0.3 is 10.1 Å². The molecule has 2 heterocycles. The number of benzene rings is 1. The smallest absolute Gasteiger partial charge is 0.274 e. The van der Waals surface area contributed by atoms with Crippen molar-refractivity contribution in [2.24, 2.45) is 11.8 Å². The fourth-order valence-corrected chi connectivity index (χ4v) is 5.29. The Morgan fingerprint density at radius 1 is 1.21 bits per heavy atom. The molecule has 1 saturated carbocycles. The molecule has 1 aromatic carbocycles. The van der Waals surface area contributed by atoms with E-state index >= 15 is 0 Å². The summed E-state index contributed by atoms with van der Waals surface area (Å²) in [6.07, 6.45) is 6.60. The number of ether oxygens (including phenoxy) is 1. The predicted molar refractivity (Wildman–Crippen MR) is 118 cm³/mol. The molecule has 152 valence electrons. The van der Waals surface area contributed by atoms with Crippen LogP contribution in [0.2, 0.25) is 0 Å². The van der Waals surface area contributed by atoms with Gasteiger partial charge in [-0.05, 0) is 55.7 Å². The molecule has 2 aromatic heterocycles. The summed E-state index contributed by atoms with van der Waals surface area (Å²) < 4.78 is 6.59. The molecule has 1 amide bonds. The van der Waals surface area contributed by atoms with Crippen molar-refractivity contribution >= 4 is 33.1 Å². The summed E-state index contributed by atoms with van der Waals surface area (Å²) in [5.74, 6) is 2.51. The van der Waals surface area contributed by atoms with Gasteiger partial charge in [-0.15, -0.1) is 11.3 Å². The highest BCUT2D eigenvalue weighted by atomic mass is 32.1. The molecule has 0 atom stereocenters. The van der Waals surface area contributed by atoms with Crippen molar-refractivity contribution in [1.82, 2.24) is 9.97 Å². The maximum Gasteiger partial charge on any atom is 0.274 e. The van der Waals surface area contributed by atoms with Crippen LogP contribution in [0.3, 0.4) is 0 Å². The Labute approximate surface area is 175 Å². The molecule has 1 aliphatic carbocycles. The molecule has 1 fully saturated rings. The van der Waals surface area contributed by atoms with Crippen LogP contribution in [0.25, 0.3) is 10.2 Å². The number of fused-ring (bicyclic) bond motifs is 1. The topological polar surface area (TPSA) is 64.1 Å². The molecule has 0 spiro atoms. The van der Waals surface area contributed by atoms with Gasteiger partial charge in [-0.2, -0.15) is 0 Å². The molecule has 5 nitrogen and oxygen atoms in total. The lowest BCUT2D eigenvalue weighted by atomic mass is 9.77. The van der Waals surface area contributed by atoms with E-state index in [0.717, 1.165) is 22.1 Å². The number of carbonyl (C=O) groups excluding carboxylic acids is 1. The average Bonchev–Trinajstić information content (AvgIpc) is 3.16. The molecule has 4 rings (SSSR count). The Morgan fingerprint density at radius 3 is 2.66 bits per heavy atom. The van der Waals surface area contributed by atoms with Gasteiger partial charge in [-0.1, -0.05) is 19.9 Å².